The molecule has 6 heteroatoms. The SMILES string of the molecule is CC(c1cncs1)N1CCC(N)(C(=O)O)C1. The van der Waals surface area contributed by atoms with Crippen molar-refractivity contribution in [1.82, 2.24) is 9.88 Å². The van der Waals surface area contributed by atoms with Crippen LogP contribution in [0.25, 0.3) is 0 Å². The van der Waals surface area contributed by atoms with Gasteiger partial charge in [0, 0.05) is 30.2 Å². The smallest absolute Gasteiger partial charge is 0.325 e. The first kappa shape index (κ1) is 11.5. The largest absolute Gasteiger partial charge is 0.480 e. The summed E-state index contributed by atoms with van der Waals surface area (Å²) in [6.07, 6.45) is 2.33. The molecule has 5 nitrogen and oxygen atoms in total. The van der Waals surface area contributed by atoms with Gasteiger partial charge >= 0.3 is 5.97 Å². The Morgan fingerprint density at radius 1 is 1.81 bits per heavy atom. The van der Waals surface area contributed by atoms with Crippen LogP contribution < -0.4 is 5.73 Å². The Kier molecular flexibility index (Phi) is 2.96. The maximum Gasteiger partial charge on any atom is 0.325 e. The topological polar surface area (TPSA) is 79.5 Å². The number of aromatic nitrogens is 1. The van der Waals surface area contributed by atoms with Crippen molar-refractivity contribution in [1.29, 1.82) is 0 Å². The molecule has 0 saturated carbocycles. The summed E-state index contributed by atoms with van der Waals surface area (Å²) in [6, 6.07) is 0.192. The molecule has 88 valence electrons. The molecule has 16 heavy (non-hydrogen) atoms. The fourth-order valence-electron chi connectivity index (χ4n) is 1.98. The maximum absolute atomic E-state index is 11.0. The number of hydrogen-bond donors (Lipinski definition) is 2. The molecule has 1 aromatic rings. The number of aliphatic carboxylic acids is 1. The molecule has 1 saturated heterocycles. The summed E-state index contributed by atoms with van der Waals surface area (Å²) in [5.41, 5.74) is 6.53. The first-order valence-electron chi connectivity index (χ1n) is 5.18. The van der Waals surface area contributed by atoms with Crippen LogP contribution in [0.1, 0.15) is 24.3 Å². The minimum absolute atomic E-state index is 0.192. The van der Waals surface area contributed by atoms with Crippen LogP contribution in [0.5, 0.6) is 0 Å². The van der Waals surface area contributed by atoms with Gasteiger partial charge in [0.2, 0.25) is 0 Å². The Morgan fingerprint density at radius 2 is 2.56 bits per heavy atom. The highest BCUT2D eigenvalue weighted by molar-refractivity contribution is 7.09. The Hall–Kier alpha value is -0.980. The highest BCUT2D eigenvalue weighted by Crippen LogP contribution is 2.30. The number of carboxylic acid groups (broad SMARTS) is 1. The highest BCUT2D eigenvalue weighted by Gasteiger charge is 2.42. The molecule has 2 heterocycles. The predicted molar refractivity (Wildman–Crippen MR) is 61.3 cm³/mol. The fraction of sp³-hybridized carbons (Fsp3) is 0.600. The number of thiazole rings is 1. The maximum atomic E-state index is 11.0. The zero-order valence-corrected chi connectivity index (χ0v) is 9.91. The zero-order chi connectivity index (χ0) is 11.8. The molecule has 1 aliphatic heterocycles. The summed E-state index contributed by atoms with van der Waals surface area (Å²) in [6.45, 7) is 3.18. The molecule has 0 bridgehead atoms. The third-order valence-electron chi connectivity index (χ3n) is 3.17. The monoisotopic (exact) mass is 241 g/mol. The van der Waals surface area contributed by atoms with E-state index in [0.29, 0.717) is 13.0 Å². The van der Waals surface area contributed by atoms with E-state index in [1.54, 1.807) is 16.8 Å². The van der Waals surface area contributed by atoms with Crippen LogP contribution >= 0.6 is 11.3 Å². The van der Waals surface area contributed by atoms with Gasteiger partial charge in [0.1, 0.15) is 5.54 Å². The van der Waals surface area contributed by atoms with E-state index in [2.05, 4.69) is 16.8 Å². The van der Waals surface area contributed by atoms with Gasteiger partial charge in [0.05, 0.1) is 5.51 Å². The second kappa shape index (κ2) is 4.12. The summed E-state index contributed by atoms with van der Waals surface area (Å²) in [7, 11) is 0. The lowest BCUT2D eigenvalue weighted by atomic mass is 10.0. The third-order valence-corrected chi connectivity index (χ3v) is 4.11. The first-order valence-corrected chi connectivity index (χ1v) is 6.05. The van der Waals surface area contributed by atoms with Crippen LogP contribution in [-0.2, 0) is 4.79 Å². The van der Waals surface area contributed by atoms with Crippen molar-refractivity contribution < 1.29 is 9.90 Å². The Balaban J connectivity index is 2.07. The first-order chi connectivity index (χ1) is 7.53. The lowest BCUT2D eigenvalue weighted by molar-refractivity contribution is -0.142. The van der Waals surface area contributed by atoms with E-state index in [-0.39, 0.29) is 6.04 Å². The molecular weight excluding hydrogens is 226 g/mol. The molecule has 0 amide bonds. The Bertz CT molecular complexity index is 381. The van der Waals surface area contributed by atoms with Gasteiger partial charge < -0.3 is 10.8 Å². The summed E-state index contributed by atoms with van der Waals surface area (Å²) in [5.74, 6) is -0.911. The molecule has 0 radical (unpaired) electrons. The predicted octanol–water partition coefficient (Wildman–Crippen LogP) is 0.692. The molecule has 0 spiro atoms. The standard InChI is InChI=1S/C10H15N3O2S/c1-7(8-4-12-6-16-8)13-3-2-10(11,5-13)9(14)15/h4,6-7H,2-3,5,11H2,1H3,(H,14,15). The van der Waals surface area contributed by atoms with Crippen molar-refractivity contribution in [2.75, 3.05) is 13.1 Å². The molecule has 1 fully saturated rings. The Morgan fingerprint density at radius 3 is 3.06 bits per heavy atom. The normalized spacial score (nSPS) is 28.1. The average Bonchev–Trinajstić information content (AvgIpc) is 2.85. The molecule has 1 aliphatic rings. The zero-order valence-electron chi connectivity index (χ0n) is 9.09. The summed E-state index contributed by atoms with van der Waals surface area (Å²) < 4.78 is 0. The summed E-state index contributed by atoms with van der Waals surface area (Å²) in [4.78, 5) is 18.3. The Labute approximate surface area is 97.9 Å². The van der Waals surface area contributed by atoms with Crippen LogP contribution in [0.2, 0.25) is 0 Å². The van der Waals surface area contributed by atoms with E-state index in [0.717, 1.165) is 11.4 Å². The number of nitrogens with zero attached hydrogens (tertiary/aromatic N) is 2. The minimum atomic E-state index is -1.08. The van der Waals surface area contributed by atoms with Crippen molar-refractivity contribution in [3.05, 3.63) is 16.6 Å². The van der Waals surface area contributed by atoms with Gasteiger partial charge in [-0.3, -0.25) is 14.7 Å². The van der Waals surface area contributed by atoms with Gasteiger partial charge in [-0.25, -0.2) is 0 Å². The van der Waals surface area contributed by atoms with Crippen LogP contribution in [0, 0.1) is 0 Å². The van der Waals surface area contributed by atoms with E-state index in [1.807, 2.05) is 6.20 Å². The fourth-order valence-corrected chi connectivity index (χ4v) is 2.69. The summed E-state index contributed by atoms with van der Waals surface area (Å²) >= 11 is 1.59. The molecule has 2 rings (SSSR count). The number of carbonyl (C=O) groups is 1. The van der Waals surface area contributed by atoms with Crippen molar-refractivity contribution in [3.63, 3.8) is 0 Å². The number of carboxylic acids is 1. The molecular formula is C10H15N3O2S. The van der Waals surface area contributed by atoms with Gasteiger partial charge in [-0.2, -0.15) is 0 Å². The second-order valence-electron chi connectivity index (χ2n) is 4.26. The quantitative estimate of drug-likeness (QED) is 0.814. The summed E-state index contributed by atoms with van der Waals surface area (Å²) in [5, 5.41) is 9.04. The van der Waals surface area contributed by atoms with Crippen LogP contribution in [0.3, 0.4) is 0 Å². The van der Waals surface area contributed by atoms with Gasteiger partial charge in [-0.1, -0.05) is 0 Å². The molecule has 2 unspecified atom stereocenters. The molecule has 0 aliphatic carbocycles. The minimum Gasteiger partial charge on any atom is -0.480 e. The lowest BCUT2D eigenvalue weighted by Crippen LogP contribution is -2.50. The third kappa shape index (κ3) is 1.95. The number of hydrogen-bond acceptors (Lipinski definition) is 5. The van der Waals surface area contributed by atoms with Crippen molar-refractivity contribution >= 4 is 17.3 Å². The van der Waals surface area contributed by atoms with E-state index < -0.39 is 11.5 Å². The second-order valence-corrected chi connectivity index (χ2v) is 5.18. The molecule has 2 atom stereocenters. The van der Waals surface area contributed by atoms with Crippen molar-refractivity contribution in [2.24, 2.45) is 5.73 Å². The van der Waals surface area contributed by atoms with Gasteiger partial charge in [0.25, 0.3) is 0 Å². The molecule has 3 N–H and O–H groups in total. The number of likely N-dealkylation sites (tertiary alicyclic amines) is 1. The van der Waals surface area contributed by atoms with Crippen molar-refractivity contribution in [3.8, 4) is 0 Å². The van der Waals surface area contributed by atoms with Gasteiger partial charge in [-0.05, 0) is 13.3 Å². The van der Waals surface area contributed by atoms with E-state index in [9.17, 15) is 4.79 Å². The van der Waals surface area contributed by atoms with Crippen LogP contribution in [-0.4, -0.2) is 39.6 Å². The highest BCUT2D eigenvalue weighted by atomic mass is 32.1. The van der Waals surface area contributed by atoms with Crippen LogP contribution in [0.15, 0.2) is 11.7 Å². The van der Waals surface area contributed by atoms with Gasteiger partial charge in [-0.15, -0.1) is 11.3 Å². The van der Waals surface area contributed by atoms with Crippen LogP contribution in [0.4, 0.5) is 0 Å². The average molecular weight is 241 g/mol. The number of nitrogens with two attached hydrogens (primary N) is 1. The van der Waals surface area contributed by atoms with Crippen molar-refractivity contribution in [2.45, 2.75) is 24.9 Å². The lowest BCUT2D eigenvalue weighted by Gasteiger charge is -2.24. The molecule has 0 aromatic carbocycles. The van der Waals surface area contributed by atoms with E-state index in [4.69, 9.17) is 10.8 Å². The molecule has 1 aromatic heterocycles. The number of rotatable bonds is 3. The van der Waals surface area contributed by atoms with Gasteiger partial charge in [0.15, 0.2) is 0 Å². The van der Waals surface area contributed by atoms with E-state index >= 15 is 0 Å². The van der Waals surface area contributed by atoms with E-state index in [1.165, 1.54) is 0 Å².